The van der Waals surface area contributed by atoms with E-state index in [-0.39, 0.29) is 0 Å². The van der Waals surface area contributed by atoms with Crippen molar-refractivity contribution in [1.29, 1.82) is 0 Å². The van der Waals surface area contributed by atoms with E-state index in [0.29, 0.717) is 0 Å². The zero-order chi connectivity index (χ0) is 8.72. The lowest BCUT2D eigenvalue weighted by Crippen LogP contribution is -1.69. The number of para-hydroxylation sites is 1. The van der Waals surface area contributed by atoms with Gasteiger partial charge in [0.15, 0.2) is 0 Å². The van der Waals surface area contributed by atoms with Crippen LogP contribution in [-0.4, -0.2) is 4.98 Å². The van der Waals surface area contributed by atoms with E-state index in [1.165, 1.54) is 5.39 Å². The molecule has 62 valence electrons. The third-order valence-corrected chi connectivity index (χ3v) is 3.02. The highest BCUT2D eigenvalue weighted by Crippen LogP contribution is 2.29. The largest absolute Gasteiger partial charge is 0.344 e. The lowest BCUT2D eigenvalue weighted by atomic mass is 10.2. The zero-order valence-electron chi connectivity index (χ0n) is 6.49. The number of fused-ring (bicyclic) bond motifs is 1. The molecule has 0 aliphatic heterocycles. The summed E-state index contributed by atoms with van der Waals surface area (Å²) in [6.45, 7) is 2.01. The number of nitrogens with one attached hydrogen (secondary N) is 1. The fourth-order valence-corrected chi connectivity index (χ4v) is 1.95. The van der Waals surface area contributed by atoms with Crippen LogP contribution in [0, 0.1) is 6.92 Å². The van der Waals surface area contributed by atoms with Crippen LogP contribution in [0.2, 0.25) is 5.15 Å². The van der Waals surface area contributed by atoms with Gasteiger partial charge >= 0.3 is 0 Å². The zero-order valence-corrected chi connectivity index (χ0v) is 8.83. The number of aryl methyl sites for hydroxylation is 1. The van der Waals surface area contributed by atoms with Crippen LogP contribution in [0.15, 0.2) is 22.7 Å². The topological polar surface area (TPSA) is 15.8 Å². The number of halogens is 2. The van der Waals surface area contributed by atoms with E-state index < -0.39 is 0 Å². The Bertz CT molecular complexity index is 433. The first kappa shape index (κ1) is 8.14. The molecule has 0 bridgehead atoms. The Morgan fingerprint density at radius 2 is 2.17 bits per heavy atom. The number of rotatable bonds is 0. The Balaban J connectivity index is 2.95. The minimum Gasteiger partial charge on any atom is -0.344 e. The third-order valence-electron chi connectivity index (χ3n) is 1.98. The van der Waals surface area contributed by atoms with Gasteiger partial charge in [-0.15, -0.1) is 0 Å². The Morgan fingerprint density at radius 3 is 2.83 bits per heavy atom. The highest BCUT2D eigenvalue weighted by molar-refractivity contribution is 9.10. The van der Waals surface area contributed by atoms with Gasteiger partial charge in [-0.25, -0.2) is 0 Å². The summed E-state index contributed by atoms with van der Waals surface area (Å²) >= 11 is 9.40. The maximum absolute atomic E-state index is 5.95. The summed E-state index contributed by atoms with van der Waals surface area (Å²) in [4.78, 5) is 3.11. The van der Waals surface area contributed by atoms with Crippen molar-refractivity contribution in [3.8, 4) is 0 Å². The van der Waals surface area contributed by atoms with Gasteiger partial charge in [0.05, 0.1) is 5.52 Å². The molecule has 2 aromatic rings. The minimum atomic E-state index is 0.719. The predicted molar refractivity (Wildman–Crippen MR) is 55.7 cm³/mol. The molecule has 1 nitrogen and oxygen atoms in total. The monoisotopic (exact) mass is 243 g/mol. The van der Waals surface area contributed by atoms with Crippen molar-refractivity contribution in [2.75, 3.05) is 0 Å². The second-order valence-electron chi connectivity index (χ2n) is 2.73. The molecule has 0 atom stereocenters. The SMILES string of the molecule is Cc1c(Cl)[nH]c2c(Br)cccc12. The van der Waals surface area contributed by atoms with E-state index in [1.54, 1.807) is 0 Å². The van der Waals surface area contributed by atoms with Gasteiger partial charge in [0, 0.05) is 9.86 Å². The van der Waals surface area contributed by atoms with Crippen molar-refractivity contribution in [1.82, 2.24) is 4.98 Å². The fourth-order valence-electron chi connectivity index (χ4n) is 1.29. The summed E-state index contributed by atoms with van der Waals surface area (Å²) in [5, 5.41) is 1.89. The Kier molecular flexibility index (Phi) is 1.89. The van der Waals surface area contributed by atoms with Crippen molar-refractivity contribution >= 4 is 38.4 Å². The van der Waals surface area contributed by atoms with Gasteiger partial charge in [0.1, 0.15) is 5.15 Å². The maximum Gasteiger partial charge on any atom is 0.110 e. The van der Waals surface area contributed by atoms with Crippen LogP contribution in [0.25, 0.3) is 10.9 Å². The number of hydrogen-bond donors (Lipinski definition) is 1. The molecule has 3 heteroatoms. The second kappa shape index (κ2) is 2.79. The van der Waals surface area contributed by atoms with Crippen LogP contribution in [0.1, 0.15) is 5.56 Å². The van der Waals surface area contributed by atoms with Crippen LogP contribution in [0.3, 0.4) is 0 Å². The van der Waals surface area contributed by atoms with E-state index in [1.807, 2.05) is 19.1 Å². The number of H-pyrrole nitrogens is 1. The van der Waals surface area contributed by atoms with E-state index in [0.717, 1.165) is 20.7 Å². The van der Waals surface area contributed by atoms with Crippen molar-refractivity contribution < 1.29 is 0 Å². The molecule has 0 saturated heterocycles. The van der Waals surface area contributed by atoms with E-state index in [4.69, 9.17) is 11.6 Å². The number of aromatic amines is 1. The highest BCUT2D eigenvalue weighted by Gasteiger charge is 2.06. The third kappa shape index (κ3) is 1.06. The molecular weight excluding hydrogens is 237 g/mol. The van der Waals surface area contributed by atoms with Crippen molar-refractivity contribution in [3.63, 3.8) is 0 Å². The molecular formula is C9H7BrClN. The summed E-state index contributed by atoms with van der Waals surface area (Å²) in [6.07, 6.45) is 0. The molecule has 1 N–H and O–H groups in total. The first-order valence-corrected chi connectivity index (χ1v) is 4.79. The molecule has 1 heterocycles. The van der Waals surface area contributed by atoms with Crippen molar-refractivity contribution in [3.05, 3.63) is 33.4 Å². The maximum atomic E-state index is 5.95. The molecule has 0 unspecified atom stereocenters. The quantitative estimate of drug-likeness (QED) is 0.724. The molecule has 2 rings (SSSR count). The molecule has 0 fully saturated rings. The highest BCUT2D eigenvalue weighted by atomic mass is 79.9. The number of benzene rings is 1. The van der Waals surface area contributed by atoms with Gasteiger partial charge in [-0.3, -0.25) is 0 Å². The molecule has 1 aromatic carbocycles. The molecule has 12 heavy (non-hydrogen) atoms. The molecule has 0 amide bonds. The standard InChI is InChI=1S/C9H7BrClN/c1-5-6-3-2-4-7(10)8(6)12-9(5)11/h2-4,12H,1H3. The molecule has 0 radical (unpaired) electrons. The molecule has 0 saturated carbocycles. The van der Waals surface area contributed by atoms with E-state index in [9.17, 15) is 0 Å². The average Bonchev–Trinajstić information content (AvgIpc) is 2.32. The predicted octanol–water partition coefficient (Wildman–Crippen LogP) is 3.89. The first-order valence-electron chi connectivity index (χ1n) is 3.62. The van der Waals surface area contributed by atoms with E-state index >= 15 is 0 Å². The molecule has 1 aromatic heterocycles. The number of aromatic nitrogens is 1. The average molecular weight is 245 g/mol. The summed E-state index contributed by atoms with van der Waals surface area (Å²) in [5.41, 5.74) is 2.17. The van der Waals surface area contributed by atoms with Crippen LogP contribution in [-0.2, 0) is 0 Å². The first-order chi connectivity index (χ1) is 5.70. The molecule has 0 spiro atoms. The summed E-state index contributed by atoms with van der Waals surface area (Å²) in [6, 6.07) is 6.05. The van der Waals surface area contributed by atoms with Gasteiger partial charge < -0.3 is 4.98 Å². The van der Waals surface area contributed by atoms with Gasteiger partial charge in [0.2, 0.25) is 0 Å². The Labute approximate surface area is 83.9 Å². The van der Waals surface area contributed by atoms with Crippen molar-refractivity contribution in [2.24, 2.45) is 0 Å². The van der Waals surface area contributed by atoms with Crippen LogP contribution in [0.5, 0.6) is 0 Å². The van der Waals surface area contributed by atoms with Crippen LogP contribution in [0.4, 0.5) is 0 Å². The number of hydrogen-bond acceptors (Lipinski definition) is 0. The Hall–Kier alpha value is -0.470. The van der Waals surface area contributed by atoms with Crippen LogP contribution < -0.4 is 0 Å². The van der Waals surface area contributed by atoms with Gasteiger partial charge in [0.25, 0.3) is 0 Å². The van der Waals surface area contributed by atoms with Crippen LogP contribution >= 0.6 is 27.5 Å². The lowest BCUT2D eigenvalue weighted by Gasteiger charge is -1.92. The van der Waals surface area contributed by atoms with Crippen molar-refractivity contribution in [2.45, 2.75) is 6.92 Å². The van der Waals surface area contributed by atoms with Gasteiger partial charge in [-0.05, 0) is 34.5 Å². The van der Waals surface area contributed by atoms with E-state index in [2.05, 4.69) is 27.0 Å². The summed E-state index contributed by atoms with van der Waals surface area (Å²) in [7, 11) is 0. The summed E-state index contributed by atoms with van der Waals surface area (Å²) < 4.78 is 1.05. The Morgan fingerprint density at radius 1 is 1.42 bits per heavy atom. The lowest BCUT2D eigenvalue weighted by molar-refractivity contribution is 1.42. The minimum absolute atomic E-state index is 0.719. The normalized spacial score (nSPS) is 10.9. The fraction of sp³-hybridized carbons (Fsp3) is 0.111. The molecule has 0 aliphatic rings. The van der Waals surface area contributed by atoms with Gasteiger partial charge in [-0.2, -0.15) is 0 Å². The smallest absolute Gasteiger partial charge is 0.110 e. The molecule has 0 aliphatic carbocycles. The van der Waals surface area contributed by atoms with Gasteiger partial charge in [-0.1, -0.05) is 23.7 Å². The summed E-state index contributed by atoms with van der Waals surface area (Å²) in [5.74, 6) is 0. The second-order valence-corrected chi connectivity index (χ2v) is 3.96.